The van der Waals surface area contributed by atoms with Crippen molar-refractivity contribution >= 4 is 51.3 Å². The number of benzene rings is 1. The fourth-order valence-electron chi connectivity index (χ4n) is 6.16. The lowest BCUT2D eigenvalue weighted by atomic mass is 9.98. The van der Waals surface area contributed by atoms with Gasteiger partial charge in [-0.25, -0.2) is 19.9 Å². The molecule has 1 aromatic carbocycles. The van der Waals surface area contributed by atoms with Gasteiger partial charge in [0.15, 0.2) is 5.82 Å². The van der Waals surface area contributed by atoms with Crippen molar-refractivity contribution in [2.24, 2.45) is 5.92 Å². The number of anilines is 3. The van der Waals surface area contributed by atoms with E-state index in [9.17, 15) is 13.8 Å². The molecular formula is C34H44N10O4S. The molecule has 2 saturated heterocycles. The molecule has 0 saturated carbocycles. The van der Waals surface area contributed by atoms with Gasteiger partial charge in [-0.05, 0) is 72.9 Å². The number of nitrogens with one attached hydrogen (secondary N) is 3. The molecule has 0 aliphatic carbocycles. The Morgan fingerprint density at radius 2 is 1.88 bits per heavy atom. The summed E-state index contributed by atoms with van der Waals surface area (Å²) in [7, 11) is 0.505. The number of fused-ring (bicyclic) bond motifs is 1. The number of aromatic amines is 1. The first-order valence-electron chi connectivity index (χ1n) is 16.6. The Morgan fingerprint density at radius 3 is 2.51 bits per heavy atom. The molecule has 1 amide bonds. The molecule has 4 aromatic rings. The molecule has 3 N–H and O–H groups in total. The summed E-state index contributed by atoms with van der Waals surface area (Å²) in [5.41, 5.74) is 2.89. The van der Waals surface area contributed by atoms with Crippen molar-refractivity contribution in [3.63, 3.8) is 0 Å². The number of aldehydes is 1. The topological polar surface area (TPSA) is 171 Å². The SMILES string of the molecule is Cc1[nH]nc(Nc2ncnc3cc(OCC4CCN(c5cnc(C(=O)NC6CC(C=O)N(C)C6)cn5)CC4)c(S(=O)C(C)(C)C)cc23)c1C. The maximum Gasteiger partial charge on any atom is 0.271 e. The van der Waals surface area contributed by atoms with Gasteiger partial charge in [-0.15, -0.1) is 0 Å². The molecule has 49 heavy (non-hydrogen) atoms. The second-order valence-corrected chi connectivity index (χ2v) is 16.1. The van der Waals surface area contributed by atoms with Gasteiger partial charge in [0.05, 0.1) is 46.3 Å². The molecule has 3 aromatic heterocycles. The molecule has 2 fully saturated rings. The van der Waals surface area contributed by atoms with E-state index in [0.29, 0.717) is 47.4 Å². The van der Waals surface area contributed by atoms with E-state index in [1.54, 1.807) is 6.20 Å². The quantitative estimate of drug-likeness (QED) is 0.207. The zero-order valence-corrected chi connectivity index (χ0v) is 29.6. The number of aromatic nitrogens is 6. The number of nitrogens with zero attached hydrogens (tertiary/aromatic N) is 7. The van der Waals surface area contributed by atoms with Crippen molar-refractivity contribution in [3.8, 4) is 5.75 Å². The summed E-state index contributed by atoms with van der Waals surface area (Å²) in [6.07, 6.45) is 7.91. The van der Waals surface area contributed by atoms with Gasteiger partial charge in [-0.3, -0.25) is 19.0 Å². The smallest absolute Gasteiger partial charge is 0.271 e. The highest BCUT2D eigenvalue weighted by Gasteiger charge is 2.31. The number of amides is 1. The van der Waals surface area contributed by atoms with Crippen molar-refractivity contribution in [2.75, 3.05) is 43.5 Å². The Kier molecular flexibility index (Phi) is 9.93. The molecule has 2 aliphatic heterocycles. The Hall–Kier alpha value is -4.50. The van der Waals surface area contributed by atoms with Crippen molar-refractivity contribution in [2.45, 2.75) is 75.6 Å². The summed E-state index contributed by atoms with van der Waals surface area (Å²) in [5.74, 6) is 2.54. The van der Waals surface area contributed by atoms with E-state index in [0.717, 1.165) is 54.7 Å². The van der Waals surface area contributed by atoms with Crippen LogP contribution in [0, 0.1) is 19.8 Å². The highest BCUT2D eigenvalue weighted by Crippen LogP contribution is 2.36. The molecule has 0 radical (unpaired) electrons. The second kappa shape index (κ2) is 14.2. The highest BCUT2D eigenvalue weighted by atomic mass is 32.2. The first-order valence-corrected chi connectivity index (χ1v) is 17.7. The lowest BCUT2D eigenvalue weighted by molar-refractivity contribution is -0.111. The lowest BCUT2D eigenvalue weighted by Gasteiger charge is -2.32. The predicted octanol–water partition coefficient (Wildman–Crippen LogP) is 3.71. The van der Waals surface area contributed by atoms with Gasteiger partial charge in [0.2, 0.25) is 0 Å². The van der Waals surface area contributed by atoms with Crippen molar-refractivity contribution < 1.29 is 18.5 Å². The minimum atomic E-state index is -1.37. The fraction of sp³-hybridized carbons (Fsp3) is 0.500. The number of H-pyrrole nitrogens is 1. The average molecular weight is 689 g/mol. The van der Waals surface area contributed by atoms with Crippen LogP contribution in [0.2, 0.25) is 0 Å². The number of carbonyl (C=O) groups is 2. The Morgan fingerprint density at radius 1 is 1.10 bits per heavy atom. The number of hydrogen-bond acceptors (Lipinski definition) is 12. The lowest BCUT2D eigenvalue weighted by Crippen LogP contribution is -2.37. The minimum absolute atomic E-state index is 0.0986. The Labute approximate surface area is 288 Å². The van der Waals surface area contributed by atoms with Gasteiger partial charge in [-0.1, -0.05) is 0 Å². The van der Waals surface area contributed by atoms with Crippen LogP contribution in [0.4, 0.5) is 17.5 Å². The van der Waals surface area contributed by atoms with Gasteiger partial charge in [-0.2, -0.15) is 5.10 Å². The third-order valence-corrected chi connectivity index (χ3v) is 11.2. The van der Waals surface area contributed by atoms with Crippen molar-refractivity contribution in [1.29, 1.82) is 0 Å². The van der Waals surface area contributed by atoms with Crippen LogP contribution >= 0.6 is 0 Å². The third-order valence-electron chi connectivity index (χ3n) is 9.32. The first kappa shape index (κ1) is 34.4. The van der Waals surface area contributed by atoms with Crippen molar-refractivity contribution in [1.82, 2.24) is 40.3 Å². The van der Waals surface area contributed by atoms with E-state index in [1.165, 1.54) is 12.5 Å². The summed E-state index contributed by atoms with van der Waals surface area (Å²) in [5, 5.41) is 14.3. The van der Waals surface area contributed by atoms with Gasteiger partial charge < -0.3 is 25.1 Å². The Bertz CT molecular complexity index is 1850. The zero-order chi connectivity index (χ0) is 34.9. The summed E-state index contributed by atoms with van der Waals surface area (Å²) < 4.78 is 19.7. The molecule has 6 rings (SSSR count). The van der Waals surface area contributed by atoms with Crippen LogP contribution in [-0.4, -0.2) is 102 Å². The van der Waals surface area contributed by atoms with Crippen LogP contribution in [-0.2, 0) is 15.6 Å². The van der Waals surface area contributed by atoms with Crippen LogP contribution in [0.5, 0.6) is 5.75 Å². The normalized spacial score (nSPS) is 19.6. The van der Waals surface area contributed by atoms with E-state index in [4.69, 9.17) is 4.74 Å². The van der Waals surface area contributed by atoms with Crippen molar-refractivity contribution in [3.05, 3.63) is 47.8 Å². The molecule has 260 valence electrons. The van der Waals surface area contributed by atoms with Crippen LogP contribution < -0.4 is 20.3 Å². The highest BCUT2D eigenvalue weighted by molar-refractivity contribution is 7.86. The van der Waals surface area contributed by atoms with Gasteiger partial charge >= 0.3 is 0 Å². The molecule has 15 heteroatoms. The van der Waals surface area contributed by atoms with Gasteiger partial charge in [0.1, 0.15) is 35.7 Å². The molecular weight excluding hydrogens is 645 g/mol. The molecule has 0 spiro atoms. The molecule has 3 atom stereocenters. The van der Waals surface area contributed by atoms with Crippen LogP contribution in [0.3, 0.4) is 0 Å². The average Bonchev–Trinajstić information content (AvgIpc) is 3.61. The molecule has 0 bridgehead atoms. The molecule has 14 nitrogen and oxygen atoms in total. The Balaban J connectivity index is 1.10. The second-order valence-electron chi connectivity index (χ2n) is 13.9. The number of hydrogen-bond donors (Lipinski definition) is 3. The number of likely N-dealkylation sites (N-methyl/N-ethyl adjacent to an activating group) is 1. The van der Waals surface area contributed by atoms with Crippen LogP contribution in [0.1, 0.15) is 61.8 Å². The molecule has 2 aliphatic rings. The third kappa shape index (κ3) is 7.57. The first-order chi connectivity index (χ1) is 23.4. The monoisotopic (exact) mass is 688 g/mol. The van der Waals surface area contributed by atoms with E-state index in [1.807, 2.05) is 58.7 Å². The summed E-state index contributed by atoms with van der Waals surface area (Å²) in [4.78, 5) is 46.5. The van der Waals surface area contributed by atoms with E-state index >= 15 is 0 Å². The standard InChI is InChI=1S/C34H44N10O4S/c1-20-21(2)41-42-31(20)40-32-25-12-29(49(47)34(3,4)5)28(13-26(25)37-19-38-32)48-18-22-7-9-44(10-8-22)30-15-35-27(14-36-30)33(46)39-23-11-24(17-45)43(6)16-23/h12-15,17,19,22-24H,7-11,16,18H2,1-6H3,(H,39,46)(H2,37,38,40,41,42). The van der Waals surface area contributed by atoms with E-state index in [2.05, 4.69) is 45.7 Å². The fourth-order valence-corrected chi connectivity index (χ4v) is 7.35. The van der Waals surface area contributed by atoms with Gasteiger partial charge in [0.25, 0.3) is 5.91 Å². The van der Waals surface area contributed by atoms with Gasteiger partial charge in [0, 0.05) is 53.1 Å². The number of rotatable bonds is 10. The minimum Gasteiger partial charge on any atom is -0.492 e. The largest absolute Gasteiger partial charge is 0.492 e. The van der Waals surface area contributed by atoms with Crippen LogP contribution in [0.15, 0.2) is 35.7 Å². The number of piperidine rings is 1. The summed E-state index contributed by atoms with van der Waals surface area (Å²) in [6, 6.07) is 3.46. The maximum absolute atomic E-state index is 13.8. The number of likely N-dealkylation sites (tertiary alicyclic amines) is 1. The van der Waals surface area contributed by atoms with Crippen LogP contribution in [0.25, 0.3) is 10.9 Å². The number of aryl methyl sites for hydroxylation is 1. The predicted molar refractivity (Wildman–Crippen MR) is 188 cm³/mol. The van der Waals surface area contributed by atoms with E-state index < -0.39 is 15.5 Å². The maximum atomic E-state index is 13.8. The molecule has 5 heterocycles. The summed E-state index contributed by atoms with van der Waals surface area (Å²) in [6.45, 7) is 12.4. The number of ether oxygens (including phenoxy) is 1. The number of carbonyl (C=O) groups excluding carboxylic acids is 2. The molecule has 3 unspecified atom stereocenters. The van der Waals surface area contributed by atoms with E-state index in [-0.39, 0.29) is 29.6 Å². The zero-order valence-electron chi connectivity index (χ0n) is 28.8. The summed E-state index contributed by atoms with van der Waals surface area (Å²) >= 11 is 0.